The monoisotopic (exact) mass is 416 g/mol. The molecular weight excluding hydrogens is 398 g/mol. The second kappa shape index (κ2) is 7.75. The summed E-state index contributed by atoms with van der Waals surface area (Å²) in [6, 6.07) is 20.3. The molecule has 1 aliphatic heterocycles. The number of halogens is 2. The minimum Gasteiger partial charge on any atom is -0.474 e. The van der Waals surface area contributed by atoms with Crippen LogP contribution in [0.25, 0.3) is 11.1 Å². The van der Waals surface area contributed by atoms with Gasteiger partial charge in [0.1, 0.15) is 36.4 Å². The van der Waals surface area contributed by atoms with Crippen LogP contribution in [0, 0.1) is 11.6 Å². The van der Waals surface area contributed by atoms with Gasteiger partial charge in [0.2, 0.25) is 5.90 Å². The van der Waals surface area contributed by atoms with Gasteiger partial charge >= 0.3 is 0 Å². The number of hydrogen-bond donors (Lipinski definition) is 0. The van der Waals surface area contributed by atoms with Crippen LogP contribution in [0.1, 0.15) is 11.1 Å². The van der Waals surface area contributed by atoms with Gasteiger partial charge in [0.05, 0.1) is 6.54 Å². The molecule has 0 N–H and O–H groups in total. The highest BCUT2D eigenvalue weighted by atomic mass is 19.1. The Hall–Kier alpha value is -3.87. The lowest BCUT2D eigenvalue weighted by Gasteiger charge is -2.24. The quantitative estimate of drug-likeness (QED) is 0.478. The molecule has 1 aliphatic rings. The number of aromatic nitrogens is 3. The standard InChI is InChI=1S/C24H18F2N4O/c25-21-10-8-20(9-11-21)24(13-30-16-27-15-28-30)14-31-23(29-24)18-6-4-17(5-7-18)19-2-1-3-22(26)12-19/h1-12,15-16H,13-14H2. The maximum Gasteiger partial charge on any atom is 0.217 e. The van der Waals surface area contributed by atoms with Crippen LogP contribution in [0.4, 0.5) is 8.78 Å². The molecular formula is C24H18F2N4O. The van der Waals surface area contributed by atoms with Crippen LogP contribution in [-0.2, 0) is 16.8 Å². The Bertz CT molecular complexity index is 1220. The molecule has 7 heteroatoms. The van der Waals surface area contributed by atoms with Gasteiger partial charge in [-0.15, -0.1) is 0 Å². The zero-order chi connectivity index (χ0) is 21.3. The van der Waals surface area contributed by atoms with Gasteiger partial charge in [-0.05, 0) is 53.1 Å². The van der Waals surface area contributed by atoms with Crippen molar-refractivity contribution >= 4 is 5.90 Å². The van der Waals surface area contributed by atoms with Crippen LogP contribution in [0.5, 0.6) is 0 Å². The van der Waals surface area contributed by atoms with Gasteiger partial charge < -0.3 is 4.74 Å². The second-order valence-corrected chi connectivity index (χ2v) is 7.42. The van der Waals surface area contributed by atoms with E-state index in [9.17, 15) is 8.78 Å². The number of nitrogens with zero attached hydrogens (tertiary/aromatic N) is 4. The summed E-state index contributed by atoms with van der Waals surface area (Å²) >= 11 is 0. The molecule has 0 saturated carbocycles. The Labute approximate surface area is 177 Å². The summed E-state index contributed by atoms with van der Waals surface area (Å²) in [6.45, 7) is 0.697. The summed E-state index contributed by atoms with van der Waals surface area (Å²) < 4.78 is 34.7. The third-order valence-corrected chi connectivity index (χ3v) is 5.32. The van der Waals surface area contributed by atoms with Crippen LogP contribution >= 0.6 is 0 Å². The first kappa shape index (κ1) is 19.1. The minimum atomic E-state index is -0.752. The molecule has 0 fully saturated rings. The molecule has 0 amide bonds. The predicted molar refractivity (Wildman–Crippen MR) is 112 cm³/mol. The van der Waals surface area contributed by atoms with Crippen LogP contribution in [0.3, 0.4) is 0 Å². The Kier molecular flexibility index (Phi) is 4.78. The highest BCUT2D eigenvalue weighted by Crippen LogP contribution is 2.34. The molecule has 0 spiro atoms. The number of aliphatic imine (C=N–C) groups is 1. The lowest BCUT2D eigenvalue weighted by molar-refractivity contribution is 0.230. The van der Waals surface area contributed by atoms with Crippen molar-refractivity contribution in [2.24, 2.45) is 4.99 Å². The molecule has 154 valence electrons. The summed E-state index contributed by atoms with van der Waals surface area (Å²) in [5.74, 6) is -0.0896. The van der Waals surface area contributed by atoms with E-state index in [1.54, 1.807) is 29.2 Å². The number of rotatable bonds is 5. The molecule has 31 heavy (non-hydrogen) atoms. The van der Waals surface area contributed by atoms with Crippen molar-refractivity contribution in [1.29, 1.82) is 0 Å². The highest BCUT2D eigenvalue weighted by molar-refractivity contribution is 5.96. The molecule has 5 rings (SSSR count). The highest BCUT2D eigenvalue weighted by Gasteiger charge is 2.40. The van der Waals surface area contributed by atoms with E-state index in [-0.39, 0.29) is 11.6 Å². The van der Waals surface area contributed by atoms with Gasteiger partial charge in [0, 0.05) is 5.56 Å². The Balaban J connectivity index is 1.49. The van der Waals surface area contributed by atoms with E-state index in [0.29, 0.717) is 19.0 Å². The van der Waals surface area contributed by atoms with Crippen molar-refractivity contribution < 1.29 is 13.5 Å². The second-order valence-electron chi connectivity index (χ2n) is 7.42. The minimum absolute atomic E-state index is 0.276. The fourth-order valence-corrected chi connectivity index (χ4v) is 3.73. The Morgan fingerprint density at radius 2 is 1.65 bits per heavy atom. The molecule has 1 unspecified atom stereocenters. The van der Waals surface area contributed by atoms with Gasteiger partial charge in [-0.1, -0.05) is 36.4 Å². The van der Waals surface area contributed by atoms with E-state index >= 15 is 0 Å². The number of ether oxygens (including phenoxy) is 1. The molecule has 0 radical (unpaired) electrons. The van der Waals surface area contributed by atoms with Gasteiger partial charge in [0.25, 0.3) is 0 Å². The van der Waals surface area contributed by atoms with Crippen molar-refractivity contribution in [3.05, 3.63) is 108 Å². The molecule has 0 bridgehead atoms. The summed E-state index contributed by atoms with van der Waals surface area (Å²) in [7, 11) is 0. The topological polar surface area (TPSA) is 52.3 Å². The third-order valence-electron chi connectivity index (χ3n) is 5.32. The largest absolute Gasteiger partial charge is 0.474 e. The summed E-state index contributed by atoms with van der Waals surface area (Å²) in [6.07, 6.45) is 3.08. The lowest BCUT2D eigenvalue weighted by Crippen LogP contribution is -2.31. The molecule has 0 saturated heterocycles. The van der Waals surface area contributed by atoms with Crippen LogP contribution in [0.15, 0.2) is 90.4 Å². The van der Waals surface area contributed by atoms with E-state index in [4.69, 9.17) is 9.73 Å². The van der Waals surface area contributed by atoms with Crippen LogP contribution in [-0.4, -0.2) is 27.3 Å². The van der Waals surface area contributed by atoms with Crippen molar-refractivity contribution in [3.8, 4) is 11.1 Å². The fourth-order valence-electron chi connectivity index (χ4n) is 3.73. The van der Waals surface area contributed by atoms with Crippen LogP contribution in [0.2, 0.25) is 0 Å². The van der Waals surface area contributed by atoms with Gasteiger partial charge in [-0.3, -0.25) is 4.68 Å². The molecule has 1 atom stereocenters. The zero-order valence-electron chi connectivity index (χ0n) is 16.5. The molecule has 4 aromatic rings. The van der Waals surface area contributed by atoms with Gasteiger partial charge in [-0.2, -0.15) is 5.10 Å². The SMILES string of the molecule is Fc1ccc(C2(Cn3cncn3)COC(c3ccc(-c4cccc(F)c4)cc3)=N2)cc1. The lowest BCUT2D eigenvalue weighted by atomic mass is 9.91. The smallest absolute Gasteiger partial charge is 0.217 e. The summed E-state index contributed by atoms with van der Waals surface area (Å²) in [4.78, 5) is 8.91. The van der Waals surface area contributed by atoms with Crippen molar-refractivity contribution in [3.63, 3.8) is 0 Å². The van der Waals surface area contributed by atoms with E-state index in [0.717, 1.165) is 22.3 Å². The maximum absolute atomic E-state index is 13.5. The Morgan fingerprint density at radius 1 is 0.871 bits per heavy atom. The number of hydrogen-bond acceptors (Lipinski definition) is 4. The van der Waals surface area contributed by atoms with Gasteiger partial charge in [0.15, 0.2) is 0 Å². The molecule has 0 aliphatic carbocycles. The molecule has 2 heterocycles. The first-order valence-corrected chi connectivity index (χ1v) is 9.79. The van der Waals surface area contributed by atoms with Crippen LogP contribution < -0.4 is 0 Å². The van der Waals surface area contributed by atoms with Crippen molar-refractivity contribution in [2.75, 3.05) is 6.61 Å². The fraction of sp³-hybridized carbons (Fsp3) is 0.125. The summed E-state index contributed by atoms with van der Waals surface area (Å²) in [5.41, 5.74) is 2.58. The van der Waals surface area contributed by atoms with E-state index in [2.05, 4.69) is 10.1 Å². The van der Waals surface area contributed by atoms with Crippen molar-refractivity contribution in [2.45, 2.75) is 12.1 Å². The third kappa shape index (κ3) is 3.82. The first-order chi connectivity index (χ1) is 15.1. The Morgan fingerprint density at radius 3 is 2.35 bits per heavy atom. The predicted octanol–water partition coefficient (Wildman–Crippen LogP) is 4.60. The number of benzene rings is 3. The van der Waals surface area contributed by atoms with Crippen molar-refractivity contribution in [1.82, 2.24) is 14.8 Å². The maximum atomic E-state index is 13.5. The van der Waals surface area contributed by atoms with E-state index in [1.807, 2.05) is 30.3 Å². The average molecular weight is 416 g/mol. The average Bonchev–Trinajstić information content (AvgIpc) is 3.45. The van der Waals surface area contributed by atoms with Gasteiger partial charge in [-0.25, -0.2) is 18.8 Å². The normalized spacial score (nSPS) is 17.9. The zero-order valence-corrected chi connectivity index (χ0v) is 16.5. The van der Waals surface area contributed by atoms with E-state index < -0.39 is 5.54 Å². The molecule has 1 aromatic heterocycles. The molecule has 5 nitrogen and oxygen atoms in total. The molecule has 3 aromatic carbocycles. The van der Waals surface area contributed by atoms with E-state index in [1.165, 1.54) is 30.6 Å². The first-order valence-electron chi connectivity index (χ1n) is 9.79. The summed E-state index contributed by atoms with van der Waals surface area (Å²) in [5, 5.41) is 4.19.